The molecular weight excluding hydrogens is 571 g/mol. The van der Waals surface area contributed by atoms with E-state index in [1.165, 1.54) is 6.07 Å². The number of carbonyl (C=O) groups is 1. The van der Waals surface area contributed by atoms with Gasteiger partial charge in [0.25, 0.3) is 0 Å². The molecule has 0 saturated carbocycles. The number of hydrogen-bond acceptors (Lipinski definition) is 6. The number of hydrogen-bond donors (Lipinski definition) is 3. The van der Waals surface area contributed by atoms with E-state index in [9.17, 15) is 24.7 Å². The maximum absolute atomic E-state index is 14.6. The number of rotatable bonds is 11. The van der Waals surface area contributed by atoms with Crippen molar-refractivity contribution in [1.29, 1.82) is 5.26 Å². The Morgan fingerprint density at radius 2 is 1.91 bits per heavy atom. The van der Waals surface area contributed by atoms with Crippen LogP contribution in [0, 0.1) is 24.1 Å². The van der Waals surface area contributed by atoms with Crippen molar-refractivity contribution in [3.05, 3.63) is 117 Å². The molecule has 0 aromatic heterocycles. The molecule has 3 N–H and O–H groups in total. The molecule has 4 aromatic carbocycles. The van der Waals surface area contributed by atoms with Crippen molar-refractivity contribution < 1.29 is 28.9 Å². The van der Waals surface area contributed by atoms with Gasteiger partial charge in [-0.25, -0.2) is 4.39 Å². The summed E-state index contributed by atoms with van der Waals surface area (Å²) < 4.78 is 27.3. The van der Waals surface area contributed by atoms with Gasteiger partial charge in [0.05, 0.1) is 23.3 Å². The zero-order valence-corrected chi connectivity index (χ0v) is 24.2. The highest BCUT2D eigenvalue weighted by molar-refractivity contribution is 6.32. The van der Waals surface area contributed by atoms with Crippen molar-refractivity contribution in [1.82, 2.24) is 5.32 Å². The molecule has 0 saturated heterocycles. The van der Waals surface area contributed by atoms with Gasteiger partial charge in [-0.05, 0) is 71.8 Å². The molecule has 220 valence electrons. The monoisotopic (exact) mass is 600 g/mol. The molecule has 0 radical (unpaired) electrons. The number of nitriles is 1. The van der Waals surface area contributed by atoms with Gasteiger partial charge in [0.2, 0.25) is 0 Å². The molecule has 0 bridgehead atoms. The van der Waals surface area contributed by atoms with E-state index >= 15 is 0 Å². The molecule has 2 unspecified atom stereocenters. The highest BCUT2D eigenvalue weighted by atomic mass is 35.5. The molecule has 5 rings (SSSR count). The van der Waals surface area contributed by atoms with Crippen molar-refractivity contribution in [3.63, 3.8) is 0 Å². The fraction of sp³-hybridized carbons (Fsp3) is 0.235. The largest absolute Gasteiger partial charge is 0.488 e. The molecule has 4 aromatic rings. The zero-order chi connectivity index (χ0) is 30.5. The minimum Gasteiger partial charge on any atom is -0.488 e. The highest BCUT2D eigenvalue weighted by Gasteiger charge is 2.28. The Hall–Kier alpha value is -4.42. The molecule has 2 atom stereocenters. The minimum atomic E-state index is -1.19. The summed E-state index contributed by atoms with van der Waals surface area (Å²) >= 11 is 6.68. The van der Waals surface area contributed by atoms with Gasteiger partial charge < -0.3 is 19.7 Å². The van der Waals surface area contributed by atoms with E-state index in [0.717, 1.165) is 27.8 Å². The van der Waals surface area contributed by atoms with E-state index in [4.69, 9.17) is 21.1 Å². The third-order valence-corrected chi connectivity index (χ3v) is 7.74. The van der Waals surface area contributed by atoms with Gasteiger partial charge in [0.15, 0.2) is 0 Å². The Bertz CT molecular complexity index is 1700. The summed E-state index contributed by atoms with van der Waals surface area (Å²) in [6.45, 7) is 1.51. The van der Waals surface area contributed by atoms with E-state index in [0.29, 0.717) is 46.1 Å². The number of nitrogens with one attached hydrogen (secondary N) is 1. The maximum atomic E-state index is 14.6. The average Bonchev–Trinajstić information content (AvgIpc) is 3.40. The number of aliphatic hydroxyl groups is 1. The lowest BCUT2D eigenvalue weighted by atomic mass is 9.96. The molecule has 43 heavy (non-hydrogen) atoms. The number of fused-ring (bicyclic) bond motifs is 1. The summed E-state index contributed by atoms with van der Waals surface area (Å²) in [5.74, 6) is -0.675. The van der Waals surface area contributed by atoms with Crippen LogP contribution in [-0.4, -0.2) is 28.8 Å². The topological polar surface area (TPSA) is 112 Å². The van der Waals surface area contributed by atoms with Crippen LogP contribution in [0.25, 0.3) is 11.1 Å². The van der Waals surface area contributed by atoms with Gasteiger partial charge in [0.1, 0.15) is 36.1 Å². The first-order chi connectivity index (χ1) is 20.8. The molecule has 0 fully saturated rings. The lowest BCUT2D eigenvalue weighted by Crippen LogP contribution is -2.39. The second kappa shape index (κ2) is 13.3. The second-order valence-corrected chi connectivity index (χ2v) is 10.9. The van der Waals surface area contributed by atoms with Crippen LogP contribution in [0.4, 0.5) is 4.39 Å². The SMILES string of the molecule is Cc1cc(C#N)cc(COc2cc(OC3CCc4c(-c5ccccc5F)cccc43)c(Cl)cc2CNC(CO)C(=O)O)c1. The van der Waals surface area contributed by atoms with Crippen LogP contribution in [0.2, 0.25) is 5.02 Å². The fourth-order valence-electron chi connectivity index (χ4n) is 5.40. The van der Waals surface area contributed by atoms with Crippen molar-refractivity contribution >= 4 is 17.6 Å². The molecule has 0 heterocycles. The summed E-state index contributed by atoms with van der Waals surface area (Å²) in [6, 6.07) is 22.2. The highest BCUT2D eigenvalue weighted by Crippen LogP contribution is 2.43. The molecule has 0 aliphatic heterocycles. The zero-order valence-electron chi connectivity index (χ0n) is 23.4. The summed E-state index contributed by atoms with van der Waals surface area (Å²) in [4.78, 5) is 11.4. The van der Waals surface area contributed by atoms with Gasteiger partial charge in [0, 0.05) is 23.7 Å². The van der Waals surface area contributed by atoms with Crippen LogP contribution in [-0.2, 0) is 24.4 Å². The van der Waals surface area contributed by atoms with E-state index < -0.39 is 18.6 Å². The van der Waals surface area contributed by atoms with Crippen molar-refractivity contribution in [2.24, 2.45) is 0 Å². The van der Waals surface area contributed by atoms with Crippen LogP contribution < -0.4 is 14.8 Å². The number of carboxylic acid groups (broad SMARTS) is 1. The van der Waals surface area contributed by atoms with Crippen LogP contribution in [0.15, 0.2) is 72.8 Å². The molecular formula is C34H30ClFN2O5. The van der Waals surface area contributed by atoms with E-state index in [1.807, 2.05) is 37.3 Å². The van der Waals surface area contributed by atoms with Crippen LogP contribution in [0.3, 0.4) is 0 Å². The van der Waals surface area contributed by atoms with Gasteiger partial charge in [-0.15, -0.1) is 0 Å². The number of ether oxygens (including phenoxy) is 2. The normalized spacial score (nSPS) is 14.5. The summed E-state index contributed by atoms with van der Waals surface area (Å²) in [5, 5.41) is 31.3. The van der Waals surface area contributed by atoms with Crippen LogP contribution in [0.1, 0.15) is 45.9 Å². The van der Waals surface area contributed by atoms with Gasteiger partial charge >= 0.3 is 5.97 Å². The second-order valence-electron chi connectivity index (χ2n) is 10.5. The lowest BCUT2D eigenvalue weighted by Gasteiger charge is -2.20. The Morgan fingerprint density at radius 1 is 1.12 bits per heavy atom. The first-order valence-electron chi connectivity index (χ1n) is 13.8. The van der Waals surface area contributed by atoms with E-state index in [1.54, 1.807) is 36.4 Å². The molecule has 0 amide bonds. The number of nitrogens with zero attached hydrogens (tertiary/aromatic N) is 1. The number of aliphatic carboxylic acids is 1. The number of benzene rings is 4. The molecule has 1 aliphatic rings. The fourth-order valence-corrected chi connectivity index (χ4v) is 5.63. The number of aliphatic hydroxyl groups excluding tert-OH is 1. The predicted molar refractivity (Wildman–Crippen MR) is 161 cm³/mol. The predicted octanol–water partition coefficient (Wildman–Crippen LogP) is 6.51. The Balaban J connectivity index is 1.44. The Labute approximate surface area is 254 Å². The third-order valence-electron chi connectivity index (χ3n) is 7.44. The van der Waals surface area contributed by atoms with Crippen molar-refractivity contribution in [3.8, 4) is 28.7 Å². The molecule has 1 aliphatic carbocycles. The van der Waals surface area contributed by atoms with Gasteiger partial charge in [-0.3, -0.25) is 10.1 Å². The van der Waals surface area contributed by atoms with E-state index in [-0.39, 0.29) is 25.1 Å². The van der Waals surface area contributed by atoms with Crippen molar-refractivity contribution in [2.45, 2.75) is 45.1 Å². The lowest BCUT2D eigenvalue weighted by molar-refractivity contribution is -0.140. The summed E-state index contributed by atoms with van der Waals surface area (Å²) in [5.41, 5.74) is 6.16. The molecule has 7 nitrogen and oxygen atoms in total. The van der Waals surface area contributed by atoms with Gasteiger partial charge in [-0.1, -0.05) is 54.1 Å². The summed E-state index contributed by atoms with van der Waals surface area (Å²) in [7, 11) is 0. The average molecular weight is 601 g/mol. The van der Waals surface area contributed by atoms with Crippen LogP contribution in [0.5, 0.6) is 11.5 Å². The summed E-state index contributed by atoms with van der Waals surface area (Å²) in [6.07, 6.45) is 1.06. The third kappa shape index (κ3) is 6.81. The van der Waals surface area contributed by atoms with Crippen molar-refractivity contribution in [2.75, 3.05) is 6.61 Å². The molecule has 0 spiro atoms. The molecule has 9 heteroatoms. The van der Waals surface area contributed by atoms with Gasteiger partial charge in [-0.2, -0.15) is 5.26 Å². The first kappa shape index (κ1) is 30.1. The number of halogens is 2. The Kier molecular flexibility index (Phi) is 9.27. The number of carboxylic acids is 1. The standard InChI is InChI=1S/C34H30ClFN2O5/c1-20-11-21(16-37)13-22(12-20)19-42-32-15-33(28(35)14-23(32)17-38-30(18-39)34(40)41)43-31-10-9-25-24(6-4-7-27(25)31)26-5-2-3-8-29(26)36/h2-8,11-15,30-31,38-39H,9-10,17-19H2,1H3,(H,40,41). The van der Waals surface area contributed by atoms with E-state index in [2.05, 4.69) is 11.4 Å². The van der Waals surface area contributed by atoms with Crippen LogP contribution >= 0.6 is 11.6 Å². The minimum absolute atomic E-state index is 0.0579. The maximum Gasteiger partial charge on any atom is 0.323 e. The Morgan fingerprint density at radius 3 is 2.65 bits per heavy atom. The first-order valence-corrected chi connectivity index (χ1v) is 14.2. The quantitative estimate of drug-likeness (QED) is 0.180. The number of aryl methyl sites for hydroxylation is 1. The smallest absolute Gasteiger partial charge is 0.323 e.